The number of hydrogen-bond acceptors (Lipinski definition) is 7. The van der Waals surface area contributed by atoms with Gasteiger partial charge in [0.2, 0.25) is 0 Å². The first kappa shape index (κ1) is 25.9. The van der Waals surface area contributed by atoms with E-state index in [0.717, 1.165) is 6.92 Å². The lowest BCUT2D eigenvalue weighted by Gasteiger charge is -1.96. The van der Waals surface area contributed by atoms with Crippen molar-refractivity contribution < 1.29 is 45.0 Å². The first-order valence-electron chi connectivity index (χ1n) is 4.76. The molecule has 1 atom stereocenters. The molecule has 0 unspecified atom stereocenters. The van der Waals surface area contributed by atoms with E-state index < -0.39 is 24.1 Å². The van der Waals surface area contributed by atoms with Crippen molar-refractivity contribution in [2.45, 2.75) is 26.0 Å². The molecule has 0 aliphatic rings. The highest BCUT2D eigenvalue weighted by Gasteiger charge is 1.99. The molecule has 10 heteroatoms. The molecule has 0 aliphatic carbocycles. The van der Waals surface area contributed by atoms with Crippen LogP contribution in [0.4, 0.5) is 0 Å². The minimum atomic E-state index is -0.963. The topological polar surface area (TPSA) is 199 Å². The Balaban J connectivity index is -0.0000000821. The minimum Gasteiger partial charge on any atom is -0.483 e. The molecule has 0 saturated heterocycles. The molecular formula is C9H21NO9. The number of carboxylic acids is 2. The summed E-state index contributed by atoms with van der Waals surface area (Å²) in [5.74, 6) is -1.80. The Labute approximate surface area is 109 Å². The molecule has 0 aromatic carbocycles. The van der Waals surface area contributed by atoms with E-state index in [1.54, 1.807) is 0 Å². The van der Waals surface area contributed by atoms with Crippen molar-refractivity contribution >= 4 is 18.4 Å². The van der Waals surface area contributed by atoms with Crippen LogP contribution in [0.5, 0.6) is 0 Å². The van der Waals surface area contributed by atoms with Gasteiger partial charge in [0.1, 0.15) is 12.1 Å². The Morgan fingerprint density at radius 2 is 1.37 bits per heavy atom. The monoisotopic (exact) mass is 287 g/mol. The van der Waals surface area contributed by atoms with Crippen molar-refractivity contribution in [1.29, 1.82) is 0 Å². The Bertz CT molecular complexity index is 212. The molecule has 0 heterocycles. The lowest BCUT2D eigenvalue weighted by Crippen LogP contribution is -2.25. The number of rotatable bonds is 3. The molecule has 0 aromatic heterocycles. The number of hydrogen-bond donors (Lipinski definition) is 7. The van der Waals surface area contributed by atoms with Gasteiger partial charge in [-0.3, -0.25) is 14.4 Å². The first-order valence-corrected chi connectivity index (χ1v) is 4.76. The summed E-state index contributed by atoms with van der Waals surface area (Å²) >= 11 is 0. The third kappa shape index (κ3) is 84.5. The maximum absolute atomic E-state index is 9.57. The fourth-order valence-electron chi connectivity index (χ4n) is 0.0577. The zero-order valence-electron chi connectivity index (χ0n) is 10.6. The Kier molecular flexibility index (Phi) is 29.4. The van der Waals surface area contributed by atoms with Crippen LogP contribution in [0.1, 0.15) is 13.8 Å². The summed E-state index contributed by atoms with van der Waals surface area (Å²) in [6.45, 7) is 1.52. The summed E-state index contributed by atoms with van der Waals surface area (Å²) in [5.41, 5.74) is 4.84. The van der Waals surface area contributed by atoms with E-state index in [9.17, 15) is 4.79 Å². The highest BCUT2D eigenvalue weighted by Crippen LogP contribution is 1.71. The number of carboxylic acid groups (broad SMARTS) is 3. The third-order valence-corrected chi connectivity index (χ3v) is 0.811. The molecule has 0 bridgehead atoms. The summed E-state index contributed by atoms with van der Waals surface area (Å²) in [4.78, 5) is 26.9. The van der Waals surface area contributed by atoms with Gasteiger partial charge in [0.25, 0.3) is 12.4 Å². The summed E-state index contributed by atoms with van der Waals surface area (Å²) in [6.07, 6.45) is -0.954. The molecule has 0 fully saturated rings. The predicted molar refractivity (Wildman–Crippen MR) is 63.5 cm³/mol. The number of aliphatic hydroxyl groups is 3. The molecule has 0 spiro atoms. The molecule has 10 nitrogen and oxygen atoms in total. The third-order valence-electron chi connectivity index (χ3n) is 0.811. The van der Waals surface area contributed by atoms with E-state index in [0.29, 0.717) is 0 Å². The van der Waals surface area contributed by atoms with Crippen molar-refractivity contribution in [1.82, 2.24) is 0 Å². The van der Waals surface area contributed by atoms with Gasteiger partial charge in [-0.05, 0) is 6.92 Å². The average molecular weight is 287 g/mol. The largest absolute Gasteiger partial charge is 0.483 e. The van der Waals surface area contributed by atoms with Crippen LogP contribution in [0.2, 0.25) is 0 Å². The van der Waals surface area contributed by atoms with E-state index >= 15 is 0 Å². The van der Waals surface area contributed by atoms with Gasteiger partial charge in [-0.15, -0.1) is 0 Å². The molecule has 0 aromatic rings. The zero-order valence-corrected chi connectivity index (χ0v) is 10.6. The summed E-state index contributed by atoms with van der Waals surface area (Å²) in [6, 6.07) is -0.731. The van der Waals surface area contributed by atoms with E-state index in [-0.39, 0.29) is 19.7 Å². The molecule has 0 radical (unpaired) electrons. The molecule has 0 rings (SSSR count). The second-order valence-corrected chi connectivity index (χ2v) is 2.77. The lowest BCUT2D eigenvalue weighted by molar-refractivity contribution is -0.138. The van der Waals surface area contributed by atoms with Crippen molar-refractivity contribution in [2.24, 2.45) is 5.73 Å². The van der Waals surface area contributed by atoms with Crippen molar-refractivity contribution in [3.63, 3.8) is 0 Å². The number of carbonyl (C=O) groups is 3. The van der Waals surface area contributed by atoms with Crippen LogP contribution in [0.15, 0.2) is 0 Å². The minimum absolute atomic E-state index is 0.250. The highest BCUT2D eigenvalue weighted by molar-refractivity contribution is 5.72. The van der Waals surface area contributed by atoms with Crippen LogP contribution in [-0.2, 0) is 14.4 Å². The van der Waals surface area contributed by atoms with Gasteiger partial charge >= 0.3 is 5.97 Å². The van der Waals surface area contributed by atoms with Crippen LogP contribution >= 0.6 is 0 Å². The summed E-state index contributed by atoms with van der Waals surface area (Å²) in [5, 5.41) is 46.2. The molecule has 19 heavy (non-hydrogen) atoms. The lowest BCUT2D eigenvalue weighted by atomic mass is 10.4. The van der Waals surface area contributed by atoms with Crippen LogP contribution in [0.25, 0.3) is 0 Å². The average Bonchev–Trinajstić information content (AvgIpc) is 2.29. The van der Waals surface area contributed by atoms with Gasteiger partial charge in [-0.2, -0.15) is 0 Å². The maximum Gasteiger partial charge on any atom is 0.320 e. The smallest absolute Gasteiger partial charge is 0.320 e. The molecule has 0 saturated carbocycles. The molecule has 0 aliphatic heterocycles. The van der Waals surface area contributed by atoms with Gasteiger partial charge in [-0.1, -0.05) is 0 Å². The number of aliphatic carboxylic acids is 2. The van der Waals surface area contributed by atoms with E-state index in [1.807, 2.05) is 0 Å². The fraction of sp³-hybridized carbons (Fsp3) is 0.667. The van der Waals surface area contributed by atoms with Crippen molar-refractivity contribution in [2.75, 3.05) is 13.2 Å². The van der Waals surface area contributed by atoms with Crippen molar-refractivity contribution in [3.8, 4) is 0 Å². The van der Waals surface area contributed by atoms with Gasteiger partial charge in [-0.25, -0.2) is 0 Å². The van der Waals surface area contributed by atoms with Crippen LogP contribution in [0.3, 0.4) is 0 Å². The van der Waals surface area contributed by atoms with Crippen LogP contribution < -0.4 is 5.73 Å². The molecule has 0 amide bonds. The first-order chi connectivity index (χ1) is 8.60. The number of aliphatic hydroxyl groups excluding tert-OH is 3. The second-order valence-electron chi connectivity index (χ2n) is 2.77. The highest BCUT2D eigenvalue weighted by atomic mass is 16.4. The van der Waals surface area contributed by atoms with E-state index in [4.69, 9.17) is 46.0 Å². The Hall–Kier alpha value is -1.75. The van der Waals surface area contributed by atoms with Gasteiger partial charge in [0.05, 0.1) is 13.2 Å². The molecule has 116 valence electrons. The van der Waals surface area contributed by atoms with E-state index in [2.05, 4.69) is 0 Å². The maximum atomic E-state index is 9.57. The summed E-state index contributed by atoms with van der Waals surface area (Å²) in [7, 11) is 0. The fourth-order valence-corrected chi connectivity index (χ4v) is 0.0577. The van der Waals surface area contributed by atoms with E-state index in [1.165, 1.54) is 6.92 Å². The number of nitrogens with two attached hydrogens (primary N) is 1. The molecule has 8 N–H and O–H groups in total. The quantitative estimate of drug-likeness (QED) is 0.273. The van der Waals surface area contributed by atoms with Gasteiger partial charge in [0.15, 0.2) is 0 Å². The normalized spacial score (nSPS) is 9.42. The SMILES string of the molecule is CC(=O)O.C[C@H](N)C(=O)O.O=CO.OCC(O)CO. The molecular weight excluding hydrogens is 266 g/mol. The Morgan fingerprint density at radius 3 is 1.37 bits per heavy atom. The second kappa shape index (κ2) is 21.5. The van der Waals surface area contributed by atoms with Gasteiger partial charge < -0.3 is 36.4 Å². The Morgan fingerprint density at radius 1 is 1.21 bits per heavy atom. The predicted octanol–water partition coefficient (Wildman–Crippen LogP) is -2.46. The standard InChI is InChI=1S/C3H7NO2.C3H8O3.C2H4O2.CH2O2/c1-2(4)3(5)6;4-1-3(6)2-5;1-2(3)4;2-1-3/h2H,4H2,1H3,(H,5,6);3-6H,1-2H2;1H3,(H,3,4);1H,(H,2,3)/t2-;;;/m0.../s1. The van der Waals surface area contributed by atoms with Crippen LogP contribution in [-0.4, -0.2) is 74.4 Å². The van der Waals surface area contributed by atoms with Gasteiger partial charge in [0, 0.05) is 6.92 Å². The summed E-state index contributed by atoms with van der Waals surface area (Å²) < 4.78 is 0. The zero-order chi connectivity index (χ0) is 16.4. The van der Waals surface area contributed by atoms with Crippen LogP contribution in [0, 0.1) is 0 Å². The van der Waals surface area contributed by atoms with Crippen molar-refractivity contribution in [3.05, 3.63) is 0 Å².